The Balaban J connectivity index is 2.02. The van der Waals surface area contributed by atoms with Crippen LogP contribution < -0.4 is 10.1 Å². The molecule has 1 aromatic carbocycles. The first kappa shape index (κ1) is 12.9. The smallest absolute Gasteiger partial charge is 0.221 e. The molecule has 0 heterocycles. The van der Waals surface area contributed by atoms with Crippen LogP contribution in [0.2, 0.25) is 0 Å². The van der Waals surface area contributed by atoms with Crippen molar-refractivity contribution in [2.45, 2.75) is 44.8 Å². The molecule has 1 saturated carbocycles. The van der Waals surface area contributed by atoms with Gasteiger partial charge in [-0.1, -0.05) is 12.5 Å². The van der Waals surface area contributed by atoms with E-state index in [0.29, 0.717) is 11.4 Å². The molecule has 0 radical (unpaired) electrons. The highest BCUT2D eigenvalue weighted by Gasteiger charge is 2.24. The number of benzene rings is 1. The molecule has 0 aliphatic heterocycles. The van der Waals surface area contributed by atoms with E-state index in [-0.39, 0.29) is 18.1 Å². The number of aliphatic hydroxyl groups excluding tert-OH is 1. The average Bonchev–Trinajstić information content (AvgIpc) is 2.32. The van der Waals surface area contributed by atoms with Crippen molar-refractivity contribution in [1.29, 1.82) is 0 Å². The SMILES string of the molecule is CC(=O)Nc1cccc(OC2CCCCC2O)c1. The van der Waals surface area contributed by atoms with Gasteiger partial charge in [0.2, 0.25) is 5.91 Å². The van der Waals surface area contributed by atoms with E-state index in [9.17, 15) is 9.90 Å². The summed E-state index contributed by atoms with van der Waals surface area (Å²) in [7, 11) is 0. The van der Waals surface area contributed by atoms with Crippen molar-refractivity contribution < 1.29 is 14.6 Å². The lowest BCUT2D eigenvalue weighted by molar-refractivity contribution is -0.114. The second-order valence-corrected chi connectivity index (χ2v) is 4.72. The number of hydrogen-bond acceptors (Lipinski definition) is 3. The highest BCUT2D eigenvalue weighted by Crippen LogP contribution is 2.25. The fourth-order valence-electron chi connectivity index (χ4n) is 2.24. The minimum absolute atomic E-state index is 0.107. The molecular formula is C14H19NO3. The molecule has 1 aliphatic rings. The first-order chi connectivity index (χ1) is 8.65. The predicted octanol–water partition coefficient (Wildman–Crippen LogP) is 2.33. The summed E-state index contributed by atoms with van der Waals surface area (Å²) in [5, 5.41) is 12.6. The maximum absolute atomic E-state index is 11.0. The van der Waals surface area contributed by atoms with Crippen LogP contribution >= 0.6 is 0 Å². The van der Waals surface area contributed by atoms with E-state index < -0.39 is 0 Å². The van der Waals surface area contributed by atoms with Gasteiger partial charge in [-0.2, -0.15) is 0 Å². The molecule has 1 fully saturated rings. The molecule has 0 spiro atoms. The summed E-state index contributed by atoms with van der Waals surface area (Å²) in [4.78, 5) is 11.0. The monoisotopic (exact) mass is 249 g/mol. The molecule has 4 nitrogen and oxygen atoms in total. The van der Waals surface area contributed by atoms with E-state index >= 15 is 0 Å². The molecule has 98 valence electrons. The fraction of sp³-hybridized carbons (Fsp3) is 0.500. The molecular weight excluding hydrogens is 230 g/mol. The second-order valence-electron chi connectivity index (χ2n) is 4.72. The maximum atomic E-state index is 11.0. The van der Waals surface area contributed by atoms with Gasteiger partial charge >= 0.3 is 0 Å². The number of carbonyl (C=O) groups excluding carboxylic acids is 1. The molecule has 1 amide bonds. The molecule has 1 aromatic rings. The van der Waals surface area contributed by atoms with Crippen LogP contribution in [0.4, 0.5) is 5.69 Å². The lowest BCUT2D eigenvalue weighted by atomic mass is 9.95. The standard InChI is InChI=1S/C14H19NO3/c1-10(16)15-11-5-4-6-12(9-11)18-14-8-3-2-7-13(14)17/h4-6,9,13-14,17H,2-3,7-8H2,1H3,(H,15,16). The largest absolute Gasteiger partial charge is 0.488 e. The number of ether oxygens (including phenoxy) is 1. The Kier molecular flexibility index (Phi) is 4.20. The zero-order valence-corrected chi connectivity index (χ0v) is 10.6. The summed E-state index contributed by atoms with van der Waals surface area (Å²) in [6.07, 6.45) is 3.32. The molecule has 2 atom stereocenters. The van der Waals surface area contributed by atoms with Crippen LogP contribution in [0.1, 0.15) is 32.6 Å². The maximum Gasteiger partial charge on any atom is 0.221 e. The summed E-state index contributed by atoms with van der Waals surface area (Å²) in [6.45, 7) is 1.47. The number of rotatable bonds is 3. The van der Waals surface area contributed by atoms with Crippen LogP contribution in [0, 0.1) is 0 Å². The van der Waals surface area contributed by atoms with E-state index in [4.69, 9.17) is 4.74 Å². The molecule has 1 aliphatic carbocycles. The van der Waals surface area contributed by atoms with Crippen molar-refractivity contribution in [1.82, 2.24) is 0 Å². The summed E-state index contributed by atoms with van der Waals surface area (Å²) >= 11 is 0. The topological polar surface area (TPSA) is 58.6 Å². The molecule has 18 heavy (non-hydrogen) atoms. The third kappa shape index (κ3) is 3.47. The number of carbonyl (C=O) groups is 1. The fourth-order valence-corrected chi connectivity index (χ4v) is 2.24. The van der Waals surface area contributed by atoms with Crippen LogP contribution in [0.15, 0.2) is 24.3 Å². The van der Waals surface area contributed by atoms with Gasteiger partial charge in [0.25, 0.3) is 0 Å². The van der Waals surface area contributed by atoms with Crippen molar-refractivity contribution in [3.05, 3.63) is 24.3 Å². The van der Waals surface area contributed by atoms with Crippen LogP contribution in [0.25, 0.3) is 0 Å². The summed E-state index contributed by atoms with van der Waals surface area (Å²) in [5.74, 6) is 0.581. The van der Waals surface area contributed by atoms with Gasteiger partial charge in [0.15, 0.2) is 0 Å². The van der Waals surface area contributed by atoms with Crippen molar-refractivity contribution in [2.24, 2.45) is 0 Å². The number of nitrogens with one attached hydrogen (secondary N) is 1. The number of anilines is 1. The Morgan fingerprint density at radius 1 is 1.39 bits per heavy atom. The van der Waals surface area contributed by atoms with Crippen LogP contribution in [0.5, 0.6) is 5.75 Å². The average molecular weight is 249 g/mol. The minimum Gasteiger partial charge on any atom is -0.488 e. The molecule has 4 heteroatoms. The Morgan fingerprint density at radius 2 is 2.17 bits per heavy atom. The third-order valence-corrected chi connectivity index (χ3v) is 3.11. The molecule has 0 bridgehead atoms. The van der Waals surface area contributed by atoms with Gasteiger partial charge in [0.1, 0.15) is 11.9 Å². The van der Waals surface area contributed by atoms with Crippen molar-refractivity contribution in [3.8, 4) is 5.75 Å². The Morgan fingerprint density at radius 3 is 2.89 bits per heavy atom. The first-order valence-electron chi connectivity index (χ1n) is 6.37. The van der Waals surface area contributed by atoms with Crippen molar-refractivity contribution in [2.75, 3.05) is 5.32 Å². The van der Waals surface area contributed by atoms with E-state index in [1.807, 2.05) is 18.2 Å². The first-order valence-corrected chi connectivity index (χ1v) is 6.37. The predicted molar refractivity (Wildman–Crippen MR) is 69.6 cm³/mol. The lowest BCUT2D eigenvalue weighted by Crippen LogP contribution is -2.34. The normalized spacial score (nSPS) is 23.4. The minimum atomic E-state index is -0.386. The highest BCUT2D eigenvalue weighted by molar-refractivity contribution is 5.88. The quantitative estimate of drug-likeness (QED) is 0.864. The van der Waals surface area contributed by atoms with Gasteiger partial charge < -0.3 is 15.2 Å². The van der Waals surface area contributed by atoms with E-state index in [0.717, 1.165) is 25.7 Å². The van der Waals surface area contributed by atoms with Gasteiger partial charge in [-0.15, -0.1) is 0 Å². The van der Waals surface area contributed by atoms with Crippen molar-refractivity contribution in [3.63, 3.8) is 0 Å². The molecule has 2 unspecified atom stereocenters. The Hall–Kier alpha value is -1.55. The lowest BCUT2D eigenvalue weighted by Gasteiger charge is -2.28. The summed E-state index contributed by atoms with van der Waals surface area (Å²) in [5.41, 5.74) is 0.713. The van der Waals surface area contributed by atoms with Crippen LogP contribution in [-0.4, -0.2) is 23.2 Å². The van der Waals surface area contributed by atoms with Gasteiger partial charge in [-0.05, 0) is 31.4 Å². The third-order valence-electron chi connectivity index (χ3n) is 3.11. The Labute approximate surface area is 107 Å². The molecule has 0 aromatic heterocycles. The second kappa shape index (κ2) is 5.87. The van der Waals surface area contributed by atoms with E-state index in [2.05, 4.69) is 5.32 Å². The zero-order valence-electron chi connectivity index (χ0n) is 10.6. The summed E-state index contributed by atoms with van der Waals surface area (Å²) in [6, 6.07) is 7.26. The Bertz CT molecular complexity index is 419. The van der Waals surface area contributed by atoms with Crippen LogP contribution in [0.3, 0.4) is 0 Å². The highest BCUT2D eigenvalue weighted by atomic mass is 16.5. The summed E-state index contributed by atoms with van der Waals surface area (Å²) < 4.78 is 5.79. The number of hydrogen-bond donors (Lipinski definition) is 2. The number of aliphatic hydroxyl groups is 1. The zero-order chi connectivity index (χ0) is 13.0. The molecule has 0 saturated heterocycles. The van der Waals surface area contributed by atoms with Gasteiger partial charge in [0, 0.05) is 18.7 Å². The van der Waals surface area contributed by atoms with Gasteiger partial charge in [-0.3, -0.25) is 4.79 Å². The van der Waals surface area contributed by atoms with Crippen LogP contribution in [-0.2, 0) is 4.79 Å². The van der Waals surface area contributed by atoms with Gasteiger partial charge in [-0.25, -0.2) is 0 Å². The molecule has 2 rings (SSSR count). The number of amides is 1. The van der Waals surface area contributed by atoms with E-state index in [1.165, 1.54) is 6.92 Å². The van der Waals surface area contributed by atoms with Crippen molar-refractivity contribution >= 4 is 11.6 Å². The van der Waals surface area contributed by atoms with E-state index in [1.54, 1.807) is 6.07 Å². The molecule has 2 N–H and O–H groups in total. The van der Waals surface area contributed by atoms with Gasteiger partial charge in [0.05, 0.1) is 6.10 Å².